The summed E-state index contributed by atoms with van der Waals surface area (Å²) in [5.74, 6) is 0.715. The second-order valence-electron chi connectivity index (χ2n) is 6.39. The highest BCUT2D eigenvalue weighted by atomic mass is 15.2. The Morgan fingerprint density at radius 2 is 2.06 bits per heavy atom. The van der Waals surface area contributed by atoms with Crippen molar-refractivity contribution in [3.05, 3.63) is 18.0 Å². The molecule has 0 radical (unpaired) electrons. The van der Waals surface area contributed by atoms with Gasteiger partial charge in [0.2, 0.25) is 0 Å². The topological polar surface area (TPSA) is 29.9 Å². The van der Waals surface area contributed by atoms with Crippen molar-refractivity contribution in [2.24, 2.45) is 18.4 Å². The molecule has 0 amide bonds. The van der Waals surface area contributed by atoms with Gasteiger partial charge in [-0.25, -0.2) is 0 Å². The molecule has 0 saturated heterocycles. The maximum Gasteiger partial charge on any atom is 0.0537 e. The molecule has 2 unspecified atom stereocenters. The van der Waals surface area contributed by atoms with Crippen LogP contribution in [-0.2, 0) is 7.05 Å². The van der Waals surface area contributed by atoms with Crippen molar-refractivity contribution in [2.45, 2.75) is 46.6 Å². The average Bonchev–Trinajstić information content (AvgIpc) is 2.58. The second-order valence-corrected chi connectivity index (χ2v) is 6.39. The fourth-order valence-electron chi connectivity index (χ4n) is 2.57. The van der Waals surface area contributed by atoms with Gasteiger partial charge in [0, 0.05) is 24.8 Å². The molecule has 0 spiro atoms. The summed E-state index contributed by atoms with van der Waals surface area (Å²) in [5, 5.41) is 7.64. The van der Waals surface area contributed by atoms with Crippen LogP contribution in [0.2, 0.25) is 0 Å². The first kappa shape index (κ1) is 14.2. The lowest BCUT2D eigenvalue weighted by atomic mass is 9.82. The normalized spacial score (nSPS) is 15.9. The van der Waals surface area contributed by atoms with Gasteiger partial charge < -0.3 is 5.32 Å². The van der Waals surface area contributed by atoms with E-state index in [-0.39, 0.29) is 0 Å². The lowest BCUT2D eigenvalue weighted by Gasteiger charge is -2.26. The van der Waals surface area contributed by atoms with Crippen LogP contribution in [0, 0.1) is 11.3 Å². The Morgan fingerprint density at radius 3 is 2.47 bits per heavy atom. The van der Waals surface area contributed by atoms with Crippen LogP contribution in [0.25, 0.3) is 0 Å². The van der Waals surface area contributed by atoms with E-state index < -0.39 is 0 Å². The molecule has 1 N–H and O–H groups in total. The Labute approximate surface area is 106 Å². The number of aryl methyl sites for hydroxylation is 1. The van der Waals surface area contributed by atoms with Crippen molar-refractivity contribution in [2.75, 3.05) is 7.05 Å². The van der Waals surface area contributed by atoms with Crippen molar-refractivity contribution in [3.8, 4) is 0 Å². The van der Waals surface area contributed by atoms with Gasteiger partial charge in [0.25, 0.3) is 0 Å². The smallest absolute Gasteiger partial charge is 0.0537 e. The minimum Gasteiger partial charge on any atom is -0.313 e. The zero-order valence-electron chi connectivity index (χ0n) is 12.1. The van der Waals surface area contributed by atoms with Crippen LogP contribution in [-0.4, -0.2) is 16.8 Å². The van der Waals surface area contributed by atoms with Gasteiger partial charge in [-0.15, -0.1) is 0 Å². The van der Waals surface area contributed by atoms with Crippen molar-refractivity contribution in [1.29, 1.82) is 0 Å². The molecular weight excluding hydrogens is 210 g/mol. The van der Waals surface area contributed by atoms with Gasteiger partial charge in [0.05, 0.1) is 6.20 Å². The molecule has 0 aliphatic heterocycles. The molecule has 3 nitrogen and oxygen atoms in total. The van der Waals surface area contributed by atoms with E-state index in [1.54, 1.807) is 0 Å². The fraction of sp³-hybridized carbons (Fsp3) is 0.786. The summed E-state index contributed by atoms with van der Waals surface area (Å²) >= 11 is 0. The number of hydrogen-bond donors (Lipinski definition) is 1. The van der Waals surface area contributed by atoms with Gasteiger partial charge in [0.15, 0.2) is 0 Å². The molecule has 0 aliphatic carbocycles. The van der Waals surface area contributed by atoms with Crippen LogP contribution in [0.4, 0.5) is 0 Å². The monoisotopic (exact) mass is 237 g/mol. The zero-order chi connectivity index (χ0) is 13.1. The quantitative estimate of drug-likeness (QED) is 0.852. The molecule has 17 heavy (non-hydrogen) atoms. The van der Waals surface area contributed by atoms with Gasteiger partial charge in [-0.2, -0.15) is 5.10 Å². The summed E-state index contributed by atoms with van der Waals surface area (Å²) in [6, 6.07) is 0.418. The third kappa shape index (κ3) is 4.90. The van der Waals surface area contributed by atoms with Crippen LogP contribution in [0.3, 0.4) is 0 Å². The number of hydrogen-bond acceptors (Lipinski definition) is 2. The van der Waals surface area contributed by atoms with E-state index >= 15 is 0 Å². The molecule has 0 aliphatic rings. The summed E-state index contributed by atoms with van der Waals surface area (Å²) in [6.45, 7) is 9.26. The summed E-state index contributed by atoms with van der Waals surface area (Å²) < 4.78 is 1.87. The molecule has 2 atom stereocenters. The van der Waals surface area contributed by atoms with Crippen LogP contribution >= 0.6 is 0 Å². The predicted octanol–water partition coefficient (Wildman–Crippen LogP) is 3.14. The van der Waals surface area contributed by atoms with Gasteiger partial charge >= 0.3 is 0 Å². The third-order valence-electron chi connectivity index (χ3n) is 3.07. The van der Waals surface area contributed by atoms with Gasteiger partial charge in [0.1, 0.15) is 0 Å². The van der Waals surface area contributed by atoms with E-state index in [1.807, 2.05) is 25.0 Å². The van der Waals surface area contributed by atoms with E-state index in [0.29, 0.717) is 17.4 Å². The Balaban J connectivity index is 2.58. The minimum absolute atomic E-state index is 0.409. The van der Waals surface area contributed by atoms with Gasteiger partial charge in [-0.1, -0.05) is 27.7 Å². The third-order valence-corrected chi connectivity index (χ3v) is 3.07. The molecule has 98 valence electrons. The summed E-state index contributed by atoms with van der Waals surface area (Å²) in [4.78, 5) is 0. The molecule has 3 heteroatoms. The summed E-state index contributed by atoms with van der Waals surface area (Å²) in [6.07, 6.45) is 6.49. The highest BCUT2D eigenvalue weighted by Gasteiger charge is 2.19. The van der Waals surface area contributed by atoms with Crippen molar-refractivity contribution in [1.82, 2.24) is 15.1 Å². The highest BCUT2D eigenvalue weighted by Crippen LogP contribution is 2.30. The summed E-state index contributed by atoms with van der Waals surface area (Å²) in [7, 11) is 4.00. The Morgan fingerprint density at radius 1 is 1.41 bits per heavy atom. The Bertz CT molecular complexity index is 335. The molecule has 1 aromatic rings. The second kappa shape index (κ2) is 5.67. The molecule has 0 bridgehead atoms. The zero-order valence-corrected chi connectivity index (χ0v) is 12.1. The number of aromatic nitrogens is 2. The number of rotatable bonds is 5. The predicted molar refractivity (Wildman–Crippen MR) is 72.9 cm³/mol. The van der Waals surface area contributed by atoms with Crippen molar-refractivity contribution >= 4 is 0 Å². The van der Waals surface area contributed by atoms with E-state index in [4.69, 9.17) is 0 Å². The molecule has 0 fully saturated rings. The molecule has 0 aromatic carbocycles. The van der Waals surface area contributed by atoms with Crippen LogP contribution < -0.4 is 5.32 Å². The molecule has 1 heterocycles. The molecule has 1 aromatic heterocycles. The average molecular weight is 237 g/mol. The molecule has 0 saturated carbocycles. The highest BCUT2D eigenvalue weighted by molar-refractivity contribution is 5.10. The largest absolute Gasteiger partial charge is 0.313 e. The first-order valence-electron chi connectivity index (χ1n) is 6.47. The lowest BCUT2D eigenvalue weighted by Crippen LogP contribution is -2.21. The van der Waals surface area contributed by atoms with E-state index in [2.05, 4.69) is 44.3 Å². The van der Waals surface area contributed by atoms with E-state index in [9.17, 15) is 0 Å². The Kier molecular flexibility index (Phi) is 4.75. The first-order chi connectivity index (χ1) is 7.81. The van der Waals surface area contributed by atoms with Crippen molar-refractivity contribution < 1.29 is 0 Å². The van der Waals surface area contributed by atoms with E-state index in [1.165, 1.54) is 18.4 Å². The molecule has 1 rings (SSSR count). The maximum atomic E-state index is 4.24. The summed E-state index contributed by atoms with van der Waals surface area (Å²) in [5.41, 5.74) is 1.70. The maximum absolute atomic E-state index is 4.24. The molecular formula is C14H27N3. The van der Waals surface area contributed by atoms with E-state index in [0.717, 1.165) is 0 Å². The van der Waals surface area contributed by atoms with Crippen LogP contribution in [0.1, 0.15) is 52.1 Å². The van der Waals surface area contributed by atoms with Crippen molar-refractivity contribution in [3.63, 3.8) is 0 Å². The van der Waals surface area contributed by atoms with Crippen LogP contribution in [0.15, 0.2) is 12.4 Å². The Hall–Kier alpha value is -0.830. The number of nitrogens with one attached hydrogen (secondary N) is 1. The fourth-order valence-corrected chi connectivity index (χ4v) is 2.57. The lowest BCUT2D eigenvalue weighted by molar-refractivity contribution is 0.279. The van der Waals surface area contributed by atoms with Crippen LogP contribution in [0.5, 0.6) is 0 Å². The van der Waals surface area contributed by atoms with Gasteiger partial charge in [-0.3, -0.25) is 4.68 Å². The minimum atomic E-state index is 0.409. The standard InChI is InChI=1S/C14H27N3/c1-11(8-14(2,3)4)7-13(15-5)12-9-16-17(6)10-12/h9-11,13,15H,7-8H2,1-6H3. The number of nitrogens with zero attached hydrogens (tertiary/aromatic N) is 2. The first-order valence-corrected chi connectivity index (χ1v) is 6.47. The van der Waals surface area contributed by atoms with Gasteiger partial charge in [-0.05, 0) is 31.2 Å². The SMILES string of the molecule is CNC(CC(C)CC(C)(C)C)c1cnn(C)c1.